The predicted molar refractivity (Wildman–Crippen MR) is 165 cm³/mol. The van der Waals surface area contributed by atoms with Gasteiger partial charge in [-0.25, -0.2) is 16.8 Å². The highest BCUT2D eigenvalue weighted by Crippen LogP contribution is 2.30. The first kappa shape index (κ1) is 31.6. The van der Waals surface area contributed by atoms with E-state index in [-0.39, 0.29) is 58.9 Å². The first-order valence-electron chi connectivity index (χ1n) is 14.2. The summed E-state index contributed by atoms with van der Waals surface area (Å²) in [6.45, 7) is 2.93. The second-order valence-electron chi connectivity index (χ2n) is 10.8. The third-order valence-corrected chi connectivity index (χ3v) is 13.9. The summed E-state index contributed by atoms with van der Waals surface area (Å²) in [5.41, 5.74) is 0.545. The van der Waals surface area contributed by atoms with Gasteiger partial charge >= 0.3 is 0 Å². The van der Waals surface area contributed by atoms with Crippen LogP contribution in [0.4, 0.5) is 0 Å². The maximum atomic E-state index is 13.4. The number of piperidine rings is 2. The maximum absolute atomic E-state index is 13.4. The van der Waals surface area contributed by atoms with Gasteiger partial charge in [-0.05, 0) is 93.9 Å². The van der Waals surface area contributed by atoms with Crippen molar-refractivity contribution in [3.63, 3.8) is 0 Å². The van der Waals surface area contributed by atoms with Crippen LogP contribution >= 0.6 is 31.9 Å². The summed E-state index contributed by atoms with van der Waals surface area (Å²) in [5.74, 6) is -0.605. The van der Waals surface area contributed by atoms with Gasteiger partial charge in [-0.2, -0.15) is 8.61 Å². The molecule has 0 unspecified atom stereocenters. The van der Waals surface area contributed by atoms with Gasteiger partial charge < -0.3 is 9.80 Å². The standard InChI is InChI=1S/C28H34Br2N4O6S2/c29-23-9-7-21(19-25(23)41(37,38)33-11-3-1-4-12-33)27(35)31-15-17-32(18-16-31)28(36)22-8-10-24(30)26(20-22)42(39,40)34-13-5-2-6-14-34/h7-10,19-20H,1-6,11-18H2. The molecule has 0 N–H and O–H groups in total. The van der Waals surface area contributed by atoms with E-state index in [0.29, 0.717) is 35.1 Å². The first-order valence-corrected chi connectivity index (χ1v) is 18.6. The molecule has 5 rings (SSSR count). The Morgan fingerprint density at radius 1 is 0.524 bits per heavy atom. The molecule has 3 fully saturated rings. The van der Waals surface area contributed by atoms with E-state index >= 15 is 0 Å². The van der Waals surface area contributed by atoms with Crippen LogP contribution in [-0.4, -0.2) is 99.4 Å². The summed E-state index contributed by atoms with van der Waals surface area (Å²) in [5, 5.41) is 0. The average molecular weight is 747 g/mol. The van der Waals surface area contributed by atoms with Crippen molar-refractivity contribution in [3.05, 3.63) is 56.5 Å². The van der Waals surface area contributed by atoms with Gasteiger partial charge in [0.25, 0.3) is 11.8 Å². The quantitative estimate of drug-likeness (QED) is 0.439. The zero-order valence-corrected chi connectivity index (χ0v) is 28.0. The molecule has 0 spiro atoms. The number of amides is 2. The fourth-order valence-electron chi connectivity index (χ4n) is 5.63. The normalized spacial score (nSPS) is 19.6. The van der Waals surface area contributed by atoms with Crippen molar-refractivity contribution in [1.82, 2.24) is 18.4 Å². The molecule has 0 saturated carbocycles. The molecule has 42 heavy (non-hydrogen) atoms. The Kier molecular flexibility index (Phi) is 9.80. The Bertz CT molecular complexity index is 1450. The topological polar surface area (TPSA) is 115 Å². The molecule has 2 aromatic carbocycles. The zero-order chi connectivity index (χ0) is 30.1. The Hall–Kier alpha value is -1.84. The second kappa shape index (κ2) is 13.0. The fourth-order valence-corrected chi connectivity index (χ4v) is 10.6. The maximum Gasteiger partial charge on any atom is 0.254 e. The minimum absolute atomic E-state index is 0.0783. The molecule has 10 nitrogen and oxygen atoms in total. The Morgan fingerprint density at radius 2 is 0.857 bits per heavy atom. The van der Waals surface area contributed by atoms with Gasteiger partial charge in [-0.3, -0.25) is 9.59 Å². The number of carbonyl (C=O) groups is 2. The number of benzene rings is 2. The van der Waals surface area contributed by atoms with Gasteiger partial charge in [-0.1, -0.05) is 12.8 Å². The second-order valence-corrected chi connectivity index (χ2v) is 16.3. The Morgan fingerprint density at radius 3 is 1.19 bits per heavy atom. The van der Waals surface area contributed by atoms with Crippen molar-refractivity contribution < 1.29 is 26.4 Å². The van der Waals surface area contributed by atoms with Gasteiger partial charge in [0.1, 0.15) is 0 Å². The van der Waals surface area contributed by atoms with Crippen LogP contribution in [0.5, 0.6) is 0 Å². The predicted octanol–water partition coefficient (Wildman–Crippen LogP) is 4.16. The van der Waals surface area contributed by atoms with E-state index in [1.54, 1.807) is 34.1 Å². The summed E-state index contributed by atoms with van der Waals surface area (Å²) in [4.78, 5) is 30.1. The molecule has 0 aliphatic carbocycles. The number of hydrogen-bond acceptors (Lipinski definition) is 6. The number of nitrogens with zero attached hydrogens (tertiary/aromatic N) is 4. The number of piperazine rings is 1. The Labute approximate surface area is 264 Å². The van der Waals surface area contributed by atoms with Crippen LogP contribution in [0.1, 0.15) is 59.2 Å². The molecule has 0 radical (unpaired) electrons. The molecule has 3 saturated heterocycles. The van der Waals surface area contributed by atoms with Crippen molar-refractivity contribution in [3.8, 4) is 0 Å². The molecule has 2 aromatic rings. The summed E-state index contributed by atoms with van der Waals surface area (Å²) >= 11 is 6.70. The van der Waals surface area contributed by atoms with Crippen LogP contribution in [0, 0.1) is 0 Å². The Balaban J connectivity index is 1.27. The zero-order valence-electron chi connectivity index (χ0n) is 23.2. The van der Waals surface area contributed by atoms with Crippen molar-refractivity contribution in [2.75, 3.05) is 52.4 Å². The molecule has 228 valence electrons. The highest BCUT2D eigenvalue weighted by Gasteiger charge is 2.32. The lowest BCUT2D eigenvalue weighted by Gasteiger charge is -2.35. The minimum Gasteiger partial charge on any atom is -0.335 e. The van der Waals surface area contributed by atoms with E-state index in [1.165, 1.54) is 20.7 Å². The molecule has 2 amide bonds. The summed E-state index contributed by atoms with van der Waals surface area (Å²) in [6.07, 6.45) is 5.26. The first-order chi connectivity index (χ1) is 20.0. The molecule has 3 aliphatic heterocycles. The number of hydrogen-bond donors (Lipinski definition) is 0. The largest absolute Gasteiger partial charge is 0.335 e. The van der Waals surface area contributed by atoms with Crippen LogP contribution in [0.25, 0.3) is 0 Å². The smallest absolute Gasteiger partial charge is 0.254 e. The molecule has 3 aliphatic rings. The number of sulfonamides is 2. The molecule has 14 heteroatoms. The summed E-state index contributed by atoms with van der Waals surface area (Å²) in [6, 6.07) is 9.25. The van der Waals surface area contributed by atoms with Crippen molar-refractivity contribution in [2.24, 2.45) is 0 Å². The number of carbonyl (C=O) groups excluding carboxylic acids is 2. The summed E-state index contributed by atoms with van der Waals surface area (Å²) in [7, 11) is -7.48. The number of rotatable bonds is 6. The summed E-state index contributed by atoms with van der Waals surface area (Å²) < 4.78 is 56.9. The van der Waals surface area contributed by atoms with Crippen LogP contribution < -0.4 is 0 Å². The van der Waals surface area contributed by atoms with Crippen molar-refractivity contribution >= 4 is 63.7 Å². The van der Waals surface area contributed by atoms with Gasteiger partial charge in [0, 0.05) is 72.4 Å². The van der Waals surface area contributed by atoms with E-state index in [2.05, 4.69) is 31.9 Å². The molecular formula is C28H34Br2N4O6S2. The van der Waals surface area contributed by atoms with E-state index < -0.39 is 20.0 Å². The number of halogens is 2. The van der Waals surface area contributed by atoms with Crippen LogP contribution in [-0.2, 0) is 20.0 Å². The van der Waals surface area contributed by atoms with Crippen molar-refractivity contribution in [2.45, 2.75) is 48.3 Å². The fraction of sp³-hybridized carbons (Fsp3) is 0.500. The van der Waals surface area contributed by atoms with Gasteiger partial charge in [-0.15, -0.1) is 0 Å². The molecule has 0 bridgehead atoms. The van der Waals surface area contributed by atoms with Crippen LogP contribution in [0.3, 0.4) is 0 Å². The van der Waals surface area contributed by atoms with Crippen LogP contribution in [0.2, 0.25) is 0 Å². The minimum atomic E-state index is -3.74. The third kappa shape index (κ3) is 6.48. The molecule has 0 atom stereocenters. The highest BCUT2D eigenvalue weighted by molar-refractivity contribution is 9.10. The lowest BCUT2D eigenvalue weighted by atomic mass is 10.1. The lowest BCUT2D eigenvalue weighted by Crippen LogP contribution is -2.50. The molecule has 0 aromatic heterocycles. The van der Waals surface area contributed by atoms with E-state index in [4.69, 9.17) is 0 Å². The monoisotopic (exact) mass is 744 g/mol. The van der Waals surface area contributed by atoms with E-state index in [0.717, 1.165) is 38.5 Å². The SMILES string of the molecule is O=C(c1ccc(Br)c(S(=O)(=O)N2CCCCC2)c1)N1CCN(C(=O)c2ccc(Br)c(S(=O)(=O)N3CCCCC3)c2)CC1. The van der Waals surface area contributed by atoms with Gasteiger partial charge in [0.2, 0.25) is 20.0 Å². The molecule has 3 heterocycles. The van der Waals surface area contributed by atoms with Gasteiger partial charge in [0.05, 0.1) is 9.79 Å². The third-order valence-electron chi connectivity index (χ3n) is 8.08. The lowest BCUT2D eigenvalue weighted by molar-refractivity contribution is 0.0535. The van der Waals surface area contributed by atoms with E-state index in [9.17, 15) is 26.4 Å². The highest BCUT2D eigenvalue weighted by atomic mass is 79.9. The van der Waals surface area contributed by atoms with Crippen molar-refractivity contribution in [1.29, 1.82) is 0 Å². The van der Waals surface area contributed by atoms with E-state index in [1.807, 2.05) is 0 Å². The van der Waals surface area contributed by atoms with Gasteiger partial charge in [0.15, 0.2) is 0 Å². The average Bonchev–Trinajstić information content (AvgIpc) is 3.01. The molecular weight excluding hydrogens is 712 g/mol. The van der Waals surface area contributed by atoms with Crippen LogP contribution in [0.15, 0.2) is 55.1 Å².